The normalized spacial score (nSPS) is 10.2. The van der Waals surface area contributed by atoms with E-state index in [1.165, 1.54) is 36.4 Å². The van der Waals surface area contributed by atoms with E-state index in [1.54, 1.807) is 6.92 Å². The molecule has 0 fully saturated rings. The number of rotatable bonds is 5. The van der Waals surface area contributed by atoms with Crippen LogP contribution < -0.4 is 5.32 Å². The lowest BCUT2D eigenvalue weighted by molar-refractivity contribution is 0.0526. The molecule has 0 radical (unpaired) electrons. The van der Waals surface area contributed by atoms with Gasteiger partial charge in [0.2, 0.25) is 0 Å². The maximum Gasteiger partial charge on any atom is 0.338 e. The predicted octanol–water partition coefficient (Wildman–Crippen LogP) is 3.66. The van der Waals surface area contributed by atoms with Gasteiger partial charge >= 0.3 is 11.9 Å². The topological polar surface area (TPSA) is 95.9 Å². The summed E-state index contributed by atoms with van der Waals surface area (Å²) in [5, 5.41) is 22.2. The molecule has 7 heteroatoms. The van der Waals surface area contributed by atoms with Crippen LogP contribution in [0.2, 0.25) is 5.02 Å². The van der Waals surface area contributed by atoms with E-state index in [2.05, 4.69) is 5.32 Å². The van der Waals surface area contributed by atoms with Gasteiger partial charge in [-0.05, 0) is 43.3 Å². The Kier molecular flexibility index (Phi) is 5.08. The molecule has 3 N–H and O–H groups in total. The summed E-state index contributed by atoms with van der Waals surface area (Å²) < 4.78 is 4.89. The lowest BCUT2D eigenvalue weighted by Crippen LogP contribution is -2.06. The van der Waals surface area contributed by atoms with Crippen molar-refractivity contribution in [2.75, 3.05) is 11.9 Å². The molecule has 0 aliphatic heterocycles. The molecule has 23 heavy (non-hydrogen) atoms. The summed E-state index contributed by atoms with van der Waals surface area (Å²) in [5.74, 6) is -1.83. The number of phenolic OH excluding ortho intramolecular Hbond substituents is 1. The molecule has 0 aliphatic rings. The van der Waals surface area contributed by atoms with Gasteiger partial charge in [0.1, 0.15) is 5.75 Å². The molecular weight excluding hydrogens is 322 g/mol. The van der Waals surface area contributed by atoms with Crippen LogP contribution in [0.3, 0.4) is 0 Å². The van der Waals surface area contributed by atoms with Gasteiger partial charge in [-0.2, -0.15) is 0 Å². The summed E-state index contributed by atoms with van der Waals surface area (Å²) in [4.78, 5) is 23.0. The minimum atomic E-state index is -1.15. The van der Waals surface area contributed by atoms with Crippen molar-refractivity contribution in [3.05, 3.63) is 52.5 Å². The lowest BCUT2D eigenvalue weighted by Gasteiger charge is -2.12. The number of benzene rings is 2. The highest BCUT2D eigenvalue weighted by Crippen LogP contribution is 2.31. The minimum Gasteiger partial charge on any atom is -0.506 e. The molecular formula is C16H14ClNO5. The highest BCUT2D eigenvalue weighted by Gasteiger charge is 2.14. The van der Waals surface area contributed by atoms with E-state index >= 15 is 0 Å². The number of halogens is 1. The first kappa shape index (κ1) is 16.6. The molecule has 6 nitrogen and oxygen atoms in total. The van der Waals surface area contributed by atoms with Gasteiger partial charge < -0.3 is 20.3 Å². The molecule has 120 valence electrons. The Morgan fingerprint density at radius 1 is 1.17 bits per heavy atom. The van der Waals surface area contributed by atoms with E-state index in [9.17, 15) is 19.8 Å². The fourth-order valence-electron chi connectivity index (χ4n) is 1.93. The van der Waals surface area contributed by atoms with Crippen molar-refractivity contribution >= 4 is 34.9 Å². The third-order valence-electron chi connectivity index (χ3n) is 2.99. The maximum absolute atomic E-state index is 11.7. The second kappa shape index (κ2) is 7.02. The van der Waals surface area contributed by atoms with E-state index in [-0.39, 0.29) is 34.9 Å². The number of nitrogens with one attached hydrogen (secondary N) is 1. The van der Waals surface area contributed by atoms with Crippen LogP contribution in [0.15, 0.2) is 36.4 Å². The lowest BCUT2D eigenvalue weighted by atomic mass is 10.1. The maximum atomic E-state index is 11.7. The highest BCUT2D eigenvalue weighted by atomic mass is 35.5. The fraction of sp³-hybridized carbons (Fsp3) is 0.125. The Hall–Kier alpha value is -2.73. The van der Waals surface area contributed by atoms with E-state index in [4.69, 9.17) is 16.3 Å². The van der Waals surface area contributed by atoms with E-state index in [0.717, 1.165) is 0 Å². The first-order chi connectivity index (χ1) is 10.9. The number of carboxylic acid groups (broad SMARTS) is 1. The molecule has 0 atom stereocenters. The first-order valence-electron chi connectivity index (χ1n) is 6.72. The Bertz CT molecular complexity index is 760. The van der Waals surface area contributed by atoms with Gasteiger partial charge in [0.15, 0.2) is 0 Å². The summed E-state index contributed by atoms with van der Waals surface area (Å²) in [6.07, 6.45) is 0. The van der Waals surface area contributed by atoms with Crippen LogP contribution in [0, 0.1) is 0 Å². The molecule has 0 heterocycles. The van der Waals surface area contributed by atoms with Crippen molar-refractivity contribution < 1.29 is 24.5 Å². The van der Waals surface area contributed by atoms with E-state index in [0.29, 0.717) is 5.02 Å². The van der Waals surface area contributed by atoms with Crippen molar-refractivity contribution in [2.45, 2.75) is 6.92 Å². The van der Waals surface area contributed by atoms with Crippen LogP contribution in [0.25, 0.3) is 0 Å². The number of carbonyl (C=O) groups excluding carboxylic acids is 1. The summed E-state index contributed by atoms with van der Waals surface area (Å²) in [6.45, 7) is 1.91. The SMILES string of the molecule is CCOC(=O)c1ccc(O)c(Nc2cc(Cl)ccc2C(=O)O)c1. The van der Waals surface area contributed by atoms with Gasteiger partial charge in [-0.15, -0.1) is 0 Å². The second-order valence-electron chi connectivity index (χ2n) is 4.57. The molecule has 0 bridgehead atoms. The number of carboxylic acids is 1. The zero-order valence-electron chi connectivity index (χ0n) is 12.2. The quantitative estimate of drug-likeness (QED) is 0.570. The zero-order chi connectivity index (χ0) is 17.0. The Balaban J connectivity index is 2.40. The smallest absolute Gasteiger partial charge is 0.338 e. The summed E-state index contributed by atoms with van der Waals surface area (Å²) in [7, 11) is 0. The average molecular weight is 336 g/mol. The minimum absolute atomic E-state index is 0.0182. The zero-order valence-corrected chi connectivity index (χ0v) is 12.9. The fourth-order valence-corrected chi connectivity index (χ4v) is 2.10. The molecule has 0 aromatic heterocycles. The van der Waals surface area contributed by atoms with Crippen LogP contribution in [-0.2, 0) is 4.74 Å². The molecule has 0 amide bonds. The molecule has 0 saturated carbocycles. The third-order valence-corrected chi connectivity index (χ3v) is 3.22. The van der Waals surface area contributed by atoms with E-state index < -0.39 is 11.9 Å². The third kappa shape index (κ3) is 3.92. The Morgan fingerprint density at radius 2 is 1.91 bits per heavy atom. The average Bonchev–Trinajstić information content (AvgIpc) is 2.49. The number of carbonyl (C=O) groups is 2. The molecule has 2 rings (SSSR count). The Morgan fingerprint density at radius 3 is 2.57 bits per heavy atom. The monoisotopic (exact) mass is 335 g/mol. The molecule has 0 saturated heterocycles. The molecule has 2 aromatic rings. The molecule has 2 aromatic carbocycles. The summed E-state index contributed by atoms with van der Waals surface area (Å²) >= 11 is 5.88. The summed E-state index contributed by atoms with van der Waals surface area (Å²) in [6, 6.07) is 8.32. The molecule has 0 aliphatic carbocycles. The van der Waals surface area contributed by atoms with Gasteiger partial charge in [0, 0.05) is 5.02 Å². The first-order valence-corrected chi connectivity index (χ1v) is 7.10. The number of esters is 1. The van der Waals surface area contributed by atoms with Crippen molar-refractivity contribution in [3.63, 3.8) is 0 Å². The Labute approximate surface area is 137 Å². The number of phenols is 1. The predicted molar refractivity (Wildman–Crippen MR) is 85.8 cm³/mol. The molecule has 0 spiro atoms. The van der Waals surface area contributed by atoms with Crippen molar-refractivity contribution in [2.24, 2.45) is 0 Å². The van der Waals surface area contributed by atoms with Gasteiger partial charge in [-0.25, -0.2) is 9.59 Å². The van der Waals surface area contributed by atoms with Crippen LogP contribution in [0.1, 0.15) is 27.6 Å². The van der Waals surface area contributed by atoms with Gasteiger partial charge in [0.25, 0.3) is 0 Å². The standard InChI is InChI=1S/C16H14ClNO5/c1-2-23-16(22)9-3-6-14(19)13(7-9)18-12-8-10(17)4-5-11(12)15(20)21/h3-8,18-19H,2H2,1H3,(H,20,21). The van der Waals surface area contributed by atoms with Gasteiger partial charge in [0.05, 0.1) is 29.1 Å². The van der Waals surface area contributed by atoms with Crippen molar-refractivity contribution in [1.82, 2.24) is 0 Å². The molecule has 0 unspecified atom stereocenters. The number of hydrogen-bond acceptors (Lipinski definition) is 5. The van der Waals surface area contributed by atoms with E-state index in [1.807, 2.05) is 0 Å². The van der Waals surface area contributed by atoms with Gasteiger partial charge in [-0.3, -0.25) is 0 Å². The van der Waals surface area contributed by atoms with Crippen LogP contribution in [-0.4, -0.2) is 28.8 Å². The largest absolute Gasteiger partial charge is 0.506 e. The number of ether oxygens (including phenoxy) is 1. The van der Waals surface area contributed by atoms with Crippen LogP contribution >= 0.6 is 11.6 Å². The van der Waals surface area contributed by atoms with Crippen LogP contribution in [0.5, 0.6) is 5.75 Å². The number of aromatic hydroxyl groups is 1. The number of aromatic carboxylic acids is 1. The van der Waals surface area contributed by atoms with Crippen LogP contribution in [0.4, 0.5) is 11.4 Å². The van der Waals surface area contributed by atoms with Crippen molar-refractivity contribution in [3.8, 4) is 5.75 Å². The highest BCUT2D eigenvalue weighted by molar-refractivity contribution is 6.31. The van der Waals surface area contributed by atoms with Gasteiger partial charge in [-0.1, -0.05) is 11.6 Å². The number of hydrogen-bond donors (Lipinski definition) is 3. The van der Waals surface area contributed by atoms with Crippen molar-refractivity contribution in [1.29, 1.82) is 0 Å². The summed E-state index contributed by atoms with van der Waals surface area (Å²) in [5.41, 5.74) is 0.572. The number of anilines is 2. The second-order valence-corrected chi connectivity index (χ2v) is 5.01.